The second-order valence-corrected chi connectivity index (χ2v) is 6.23. The van der Waals surface area contributed by atoms with Crippen molar-refractivity contribution in [3.63, 3.8) is 0 Å². The van der Waals surface area contributed by atoms with E-state index in [9.17, 15) is 14.4 Å². The van der Waals surface area contributed by atoms with Crippen LogP contribution in [0.25, 0.3) is 10.9 Å². The lowest BCUT2D eigenvalue weighted by atomic mass is 10.1. The van der Waals surface area contributed by atoms with E-state index in [1.807, 2.05) is 17.7 Å². The quantitative estimate of drug-likeness (QED) is 0.668. The molecule has 0 saturated carbocycles. The van der Waals surface area contributed by atoms with Gasteiger partial charge in [0.25, 0.3) is 11.8 Å². The molecular weight excluding hydrogens is 348 g/mol. The van der Waals surface area contributed by atoms with E-state index >= 15 is 0 Å². The Kier molecular flexibility index (Phi) is 3.73. The van der Waals surface area contributed by atoms with Crippen molar-refractivity contribution in [2.24, 2.45) is 7.05 Å². The monoisotopic (exact) mass is 364 g/mol. The van der Waals surface area contributed by atoms with Crippen LogP contribution in [0.4, 0.5) is 0 Å². The van der Waals surface area contributed by atoms with E-state index in [1.54, 1.807) is 31.2 Å². The van der Waals surface area contributed by atoms with Crippen LogP contribution in [-0.4, -0.2) is 34.5 Å². The Balaban J connectivity index is 1.74. The fourth-order valence-corrected chi connectivity index (χ4v) is 3.31. The summed E-state index contributed by atoms with van der Waals surface area (Å²) in [4.78, 5) is 43.0. The number of hydrogen-bond donors (Lipinski definition) is 0. The highest BCUT2D eigenvalue weighted by molar-refractivity contribution is 6.21. The average molecular weight is 364 g/mol. The minimum absolute atomic E-state index is 0.214. The number of imide groups is 1. The first-order valence-corrected chi connectivity index (χ1v) is 8.27. The first kappa shape index (κ1) is 16.8. The van der Waals surface area contributed by atoms with Crippen LogP contribution in [0.15, 0.2) is 42.5 Å². The van der Waals surface area contributed by atoms with Gasteiger partial charge in [0.15, 0.2) is 0 Å². The molecule has 0 bridgehead atoms. The normalized spacial score (nSPS) is 13.2. The number of ether oxygens (including phenoxy) is 1. The highest BCUT2D eigenvalue weighted by Crippen LogP contribution is 2.30. The molecule has 27 heavy (non-hydrogen) atoms. The Morgan fingerprint density at radius 3 is 2.22 bits per heavy atom. The average Bonchev–Trinajstić information content (AvgIpc) is 3.07. The molecule has 2 amide bonds. The van der Waals surface area contributed by atoms with Crippen molar-refractivity contribution in [1.82, 2.24) is 9.63 Å². The SMILES string of the molecule is COc1ccc2c(c1)c(C(=O)ON1C(=O)c3ccccc3C1=O)c(C)n2C. The van der Waals surface area contributed by atoms with Gasteiger partial charge in [-0.3, -0.25) is 9.59 Å². The van der Waals surface area contributed by atoms with E-state index in [0.717, 1.165) is 5.52 Å². The predicted octanol–water partition coefficient (Wildman–Crippen LogP) is 2.86. The van der Waals surface area contributed by atoms with Gasteiger partial charge in [0.1, 0.15) is 5.75 Å². The largest absolute Gasteiger partial charge is 0.497 e. The van der Waals surface area contributed by atoms with Crippen molar-refractivity contribution >= 4 is 28.7 Å². The van der Waals surface area contributed by atoms with Gasteiger partial charge in [0.05, 0.1) is 23.8 Å². The molecule has 136 valence electrons. The zero-order valence-electron chi connectivity index (χ0n) is 15.0. The number of nitrogens with zero attached hydrogens (tertiary/aromatic N) is 2. The zero-order valence-corrected chi connectivity index (χ0v) is 15.0. The van der Waals surface area contributed by atoms with Gasteiger partial charge in [-0.05, 0) is 37.3 Å². The Hall–Kier alpha value is -3.61. The smallest absolute Gasteiger partial charge is 0.366 e. The number of aryl methyl sites for hydroxylation is 1. The minimum Gasteiger partial charge on any atom is -0.497 e. The Morgan fingerprint density at radius 1 is 1.00 bits per heavy atom. The number of methoxy groups -OCH3 is 1. The molecule has 0 saturated heterocycles. The molecule has 1 aromatic heterocycles. The Morgan fingerprint density at radius 2 is 1.63 bits per heavy atom. The van der Waals surface area contributed by atoms with Crippen molar-refractivity contribution in [2.45, 2.75) is 6.92 Å². The van der Waals surface area contributed by atoms with Gasteiger partial charge < -0.3 is 14.1 Å². The molecule has 7 heteroatoms. The second-order valence-electron chi connectivity index (χ2n) is 6.23. The van der Waals surface area contributed by atoms with Crippen molar-refractivity contribution < 1.29 is 24.0 Å². The molecular formula is C20H16N2O5. The van der Waals surface area contributed by atoms with Gasteiger partial charge in [0, 0.05) is 23.6 Å². The van der Waals surface area contributed by atoms with E-state index in [4.69, 9.17) is 9.57 Å². The summed E-state index contributed by atoms with van der Waals surface area (Å²) in [5.74, 6) is -1.50. The summed E-state index contributed by atoms with van der Waals surface area (Å²) in [6, 6.07) is 11.7. The molecule has 0 unspecified atom stereocenters. The van der Waals surface area contributed by atoms with E-state index in [-0.39, 0.29) is 16.7 Å². The molecule has 7 nitrogen and oxygen atoms in total. The molecule has 0 radical (unpaired) electrons. The van der Waals surface area contributed by atoms with Gasteiger partial charge >= 0.3 is 5.97 Å². The number of hydrogen-bond acceptors (Lipinski definition) is 5. The summed E-state index contributed by atoms with van der Waals surface area (Å²) in [7, 11) is 3.36. The van der Waals surface area contributed by atoms with E-state index in [0.29, 0.717) is 21.9 Å². The first-order valence-electron chi connectivity index (χ1n) is 8.27. The summed E-state index contributed by atoms with van der Waals surface area (Å²) >= 11 is 0. The van der Waals surface area contributed by atoms with Crippen LogP contribution < -0.4 is 4.74 Å². The van der Waals surface area contributed by atoms with Crippen LogP contribution in [-0.2, 0) is 11.9 Å². The van der Waals surface area contributed by atoms with Gasteiger partial charge in [-0.15, -0.1) is 0 Å². The highest BCUT2D eigenvalue weighted by atomic mass is 16.7. The zero-order chi connectivity index (χ0) is 19.3. The Bertz CT molecular complexity index is 1090. The van der Waals surface area contributed by atoms with Crippen molar-refractivity contribution in [3.05, 3.63) is 64.8 Å². The minimum atomic E-state index is -0.777. The van der Waals surface area contributed by atoms with Crippen LogP contribution in [0.1, 0.15) is 36.8 Å². The molecule has 2 aromatic carbocycles. The van der Waals surface area contributed by atoms with Gasteiger partial charge in [-0.2, -0.15) is 0 Å². The van der Waals surface area contributed by atoms with Crippen LogP contribution in [0, 0.1) is 6.92 Å². The van der Waals surface area contributed by atoms with Crippen LogP contribution in [0.3, 0.4) is 0 Å². The summed E-state index contributed by atoms with van der Waals surface area (Å²) in [6.45, 7) is 1.77. The van der Waals surface area contributed by atoms with Gasteiger partial charge in [-0.25, -0.2) is 4.79 Å². The molecule has 1 aliphatic heterocycles. The number of carbonyl (C=O) groups excluding carboxylic acids is 3. The molecule has 0 atom stereocenters. The predicted molar refractivity (Wildman–Crippen MR) is 96.6 cm³/mol. The number of fused-ring (bicyclic) bond motifs is 2. The Labute approximate surface area is 154 Å². The van der Waals surface area contributed by atoms with Crippen LogP contribution in [0.5, 0.6) is 5.75 Å². The fraction of sp³-hybridized carbons (Fsp3) is 0.150. The van der Waals surface area contributed by atoms with Crippen molar-refractivity contribution in [2.75, 3.05) is 7.11 Å². The van der Waals surface area contributed by atoms with Crippen LogP contribution in [0.2, 0.25) is 0 Å². The van der Waals surface area contributed by atoms with E-state index < -0.39 is 17.8 Å². The number of amides is 2. The number of carbonyl (C=O) groups is 3. The van der Waals surface area contributed by atoms with Crippen LogP contribution >= 0.6 is 0 Å². The summed E-state index contributed by atoms with van der Waals surface area (Å²) in [5.41, 5.74) is 2.17. The van der Waals surface area contributed by atoms with Crippen molar-refractivity contribution in [1.29, 1.82) is 0 Å². The van der Waals surface area contributed by atoms with E-state index in [1.165, 1.54) is 19.2 Å². The summed E-state index contributed by atoms with van der Waals surface area (Å²) in [5, 5.41) is 1.14. The number of rotatable bonds is 3. The molecule has 0 N–H and O–H groups in total. The summed E-state index contributed by atoms with van der Waals surface area (Å²) < 4.78 is 7.08. The standard InChI is InChI=1S/C20H16N2O5/c1-11-17(15-10-12(26-3)8-9-16(15)21(11)2)20(25)27-22-18(23)13-6-4-5-7-14(13)19(22)24/h4-10H,1-3H3. The maximum Gasteiger partial charge on any atom is 0.366 e. The van der Waals surface area contributed by atoms with Gasteiger partial charge in [-0.1, -0.05) is 17.2 Å². The second kappa shape index (κ2) is 5.98. The maximum absolute atomic E-state index is 12.9. The highest BCUT2D eigenvalue weighted by Gasteiger charge is 2.39. The molecule has 0 fully saturated rings. The lowest BCUT2D eigenvalue weighted by Crippen LogP contribution is -2.32. The molecule has 1 aliphatic rings. The lowest BCUT2D eigenvalue weighted by Gasteiger charge is -2.13. The maximum atomic E-state index is 12.9. The third kappa shape index (κ3) is 2.39. The summed E-state index contributed by atoms with van der Waals surface area (Å²) in [6.07, 6.45) is 0. The molecule has 0 aliphatic carbocycles. The number of aromatic nitrogens is 1. The third-order valence-corrected chi connectivity index (χ3v) is 4.83. The number of hydroxylamine groups is 2. The topological polar surface area (TPSA) is 77.8 Å². The van der Waals surface area contributed by atoms with Gasteiger partial charge in [0.2, 0.25) is 0 Å². The lowest BCUT2D eigenvalue weighted by molar-refractivity contribution is -0.0583. The molecule has 4 rings (SSSR count). The van der Waals surface area contributed by atoms with E-state index in [2.05, 4.69) is 0 Å². The molecule has 0 spiro atoms. The van der Waals surface area contributed by atoms with Crippen molar-refractivity contribution in [3.8, 4) is 5.75 Å². The fourth-order valence-electron chi connectivity index (χ4n) is 3.31. The number of benzene rings is 2. The molecule has 3 aromatic rings. The first-order chi connectivity index (χ1) is 12.9. The molecule has 2 heterocycles. The third-order valence-electron chi connectivity index (χ3n) is 4.83.